The van der Waals surface area contributed by atoms with Crippen molar-refractivity contribution in [2.75, 3.05) is 12.3 Å². The minimum atomic E-state index is -0.0789. The fourth-order valence-corrected chi connectivity index (χ4v) is 0.943. The van der Waals surface area contributed by atoms with Gasteiger partial charge in [0.25, 0.3) is 5.91 Å². The van der Waals surface area contributed by atoms with Gasteiger partial charge >= 0.3 is 0 Å². The average Bonchev–Trinajstić information content (AvgIpc) is 2.05. The molecule has 0 aliphatic heterocycles. The Morgan fingerprint density at radius 3 is 2.77 bits per heavy atom. The molecule has 0 aliphatic rings. The molecule has 1 aromatic carbocycles. The van der Waals surface area contributed by atoms with E-state index in [0.717, 1.165) is 0 Å². The standard InChI is InChI=1S/C9H12N2O.ClH/c1-2-11-9(12)7-4-3-5-8(10)6-7;/h3-6H,2,10H2,1H3,(H,11,12);1H. The van der Waals surface area contributed by atoms with Gasteiger partial charge in [0.2, 0.25) is 0 Å². The Balaban J connectivity index is 0.00000144. The predicted molar refractivity (Wildman–Crippen MR) is 56.1 cm³/mol. The maximum absolute atomic E-state index is 11.2. The summed E-state index contributed by atoms with van der Waals surface area (Å²) in [6.07, 6.45) is 0. The zero-order chi connectivity index (χ0) is 8.97. The van der Waals surface area contributed by atoms with Gasteiger partial charge < -0.3 is 11.1 Å². The molecule has 1 aromatic rings. The molecule has 0 aliphatic carbocycles. The molecule has 0 bridgehead atoms. The number of hydrogen-bond donors (Lipinski definition) is 2. The highest BCUT2D eigenvalue weighted by atomic mass is 35.5. The van der Waals surface area contributed by atoms with Gasteiger partial charge in [0.15, 0.2) is 0 Å². The average molecular weight is 201 g/mol. The Bertz CT molecular complexity index is 289. The lowest BCUT2D eigenvalue weighted by Crippen LogP contribution is -2.22. The van der Waals surface area contributed by atoms with E-state index in [9.17, 15) is 4.79 Å². The van der Waals surface area contributed by atoms with Crippen LogP contribution >= 0.6 is 12.4 Å². The van der Waals surface area contributed by atoms with Crippen molar-refractivity contribution in [3.05, 3.63) is 29.8 Å². The minimum absolute atomic E-state index is 0. The second kappa shape index (κ2) is 5.43. The molecule has 1 amide bonds. The van der Waals surface area contributed by atoms with Crippen LogP contribution in [0.2, 0.25) is 0 Å². The Hall–Kier alpha value is -1.22. The molecule has 3 N–H and O–H groups in total. The van der Waals surface area contributed by atoms with Gasteiger partial charge in [-0.15, -0.1) is 12.4 Å². The van der Waals surface area contributed by atoms with Gasteiger partial charge in [0.05, 0.1) is 0 Å². The van der Waals surface area contributed by atoms with E-state index in [-0.39, 0.29) is 18.3 Å². The van der Waals surface area contributed by atoms with Crippen molar-refractivity contribution < 1.29 is 4.79 Å². The van der Waals surface area contributed by atoms with E-state index < -0.39 is 0 Å². The number of amides is 1. The zero-order valence-electron chi connectivity index (χ0n) is 7.41. The lowest BCUT2D eigenvalue weighted by molar-refractivity contribution is 0.0956. The maximum Gasteiger partial charge on any atom is 0.251 e. The van der Waals surface area contributed by atoms with Gasteiger partial charge in [0, 0.05) is 17.8 Å². The molecule has 1 rings (SSSR count). The van der Waals surface area contributed by atoms with Gasteiger partial charge in [-0.05, 0) is 25.1 Å². The zero-order valence-corrected chi connectivity index (χ0v) is 8.23. The molecule has 0 spiro atoms. The van der Waals surface area contributed by atoms with E-state index in [1.807, 2.05) is 6.92 Å². The molecule has 0 saturated heterocycles. The third-order valence-corrected chi connectivity index (χ3v) is 1.49. The van der Waals surface area contributed by atoms with Gasteiger partial charge in [-0.25, -0.2) is 0 Å². The Morgan fingerprint density at radius 1 is 1.54 bits per heavy atom. The monoisotopic (exact) mass is 200 g/mol. The number of nitrogen functional groups attached to an aromatic ring is 1. The molecule has 3 nitrogen and oxygen atoms in total. The molecule has 0 aromatic heterocycles. The fraction of sp³-hybridized carbons (Fsp3) is 0.222. The van der Waals surface area contributed by atoms with Crippen LogP contribution in [-0.2, 0) is 0 Å². The van der Waals surface area contributed by atoms with Gasteiger partial charge in [-0.2, -0.15) is 0 Å². The van der Waals surface area contributed by atoms with Gasteiger partial charge in [-0.1, -0.05) is 6.07 Å². The van der Waals surface area contributed by atoms with Crippen molar-refractivity contribution in [2.24, 2.45) is 0 Å². The number of anilines is 1. The second-order valence-corrected chi connectivity index (χ2v) is 2.48. The lowest BCUT2D eigenvalue weighted by Gasteiger charge is -2.01. The highest BCUT2D eigenvalue weighted by molar-refractivity contribution is 5.94. The van der Waals surface area contributed by atoms with E-state index in [1.165, 1.54) is 0 Å². The van der Waals surface area contributed by atoms with Crippen LogP contribution in [0.3, 0.4) is 0 Å². The summed E-state index contributed by atoms with van der Waals surface area (Å²) in [6.45, 7) is 2.51. The summed E-state index contributed by atoms with van der Waals surface area (Å²) in [5.41, 5.74) is 6.73. The first-order chi connectivity index (χ1) is 5.74. The highest BCUT2D eigenvalue weighted by Crippen LogP contribution is 2.05. The topological polar surface area (TPSA) is 55.1 Å². The van der Waals surface area contributed by atoms with E-state index in [1.54, 1.807) is 24.3 Å². The Morgan fingerprint density at radius 2 is 2.23 bits per heavy atom. The van der Waals surface area contributed by atoms with E-state index >= 15 is 0 Å². The van der Waals surface area contributed by atoms with E-state index in [2.05, 4.69) is 5.32 Å². The Kier molecular flexibility index (Phi) is 4.92. The molecule has 0 heterocycles. The van der Waals surface area contributed by atoms with Crippen molar-refractivity contribution in [3.8, 4) is 0 Å². The predicted octanol–water partition coefficient (Wildman–Crippen LogP) is 1.44. The number of benzene rings is 1. The fourth-order valence-electron chi connectivity index (χ4n) is 0.943. The van der Waals surface area contributed by atoms with Crippen LogP contribution in [0.1, 0.15) is 17.3 Å². The first-order valence-electron chi connectivity index (χ1n) is 3.87. The highest BCUT2D eigenvalue weighted by Gasteiger charge is 2.02. The SMILES string of the molecule is CCNC(=O)c1cccc(N)c1.Cl. The normalized spacial score (nSPS) is 8.69. The van der Waals surface area contributed by atoms with Crippen LogP contribution in [0.15, 0.2) is 24.3 Å². The molecule has 0 fully saturated rings. The van der Waals surface area contributed by atoms with Crippen molar-refractivity contribution in [3.63, 3.8) is 0 Å². The number of hydrogen-bond acceptors (Lipinski definition) is 2. The van der Waals surface area contributed by atoms with Gasteiger partial charge in [0.1, 0.15) is 0 Å². The molecular weight excluding hydrogens is 188 g/mol. The second-order valence-electron chi connectivity index (χ2n) is 2.48. The summed E-state index contributed by atoms with van der Waals surface area (Å²) < 4.78 is 0. The summed E-state index contributed by atoms with van der Waals surface area (Å²) in [5, 5.41) is 2.69. The summed E-state index contributed by atoms with van der Waals surface area (Å²) >= 11 is 0. The first-order valence-corrected chi connectivity index (χ1v) is 3.87. The molecule has 0 unspecified atom stereocenters. The first kappa shape index (κ1) is 11.8. The quantitative estimate of drug-likeness (QED) is 0.710. The summed E-state index contributed by atoms with van der Waals surface area (Å²) in [4.78, 5) is 11.2. The van der Waals surface area contributed by atoms with Crippen LogP contribution in [-0.4, -0.2) is 12.5 Å². The van der Waals surface area contributed by atoms with Crippen molar-refractivity contribution >= 4 is 24.0 Å². The lowest BCUT2D eigenvalue weighted by atomic mass is 10.2. The number of rotatable bonds is 2. The molecule has 72 valence electrons. The molecule has 13 heavy (non-hydrogen) atoms. The number of carbonyl (C=O) groups is 1. The molecule has 0 radical (unpaired) electrons. The van der Waals surface area contributed by atoms with Gasteiger partial charge in [-0.3, -0.25) is 4.79 Å². The Labute approximate surface area is 83.7 Å². The smallest absolute Gasteiger partial charge is 0.251 e. The van der Waals surface area contributed by atoms with E-state index in [0.29, 0.717) is 17.8 Å². The summed E-state index contributed by atoms with van der Waals surface area (Å²) in [6, 6.07) is 6.91. The van der Waals surface area contributed by atoms with Crippen LogP contribution in [0, 0.1) is 0 Å². The van der Waals surface area contributed by atoms with Crippen molar-refractivity contribution in [1.29, 1.82) is 0 Å². The number of nitrogens with two attached hydrogens (primary N) is 1. The van der Waals surface area contributed by atoms with E-state index in [4.69, 9.17) is 5.73 Å². The molecule has 0 atom stereocenters. The number of carbonyl (C=O) groups excluding carboxylic acids is 1. The minimum Gasteiger partial charge on any atom is -0.399 e. The number of halogens is 1. The maximum atomic E-state index is 11.2. The number of nitrogens with one attached hydrogen (secondary N) is 1. The van der Waals surface area contributed by atoms with Crippen LogP contribution < -0.4 is 11.1 Å². The third-order valence-electron chi connectivity index (χ3n) is 1.49. The summed E-state index contributed by atoms with van der Waals surface area (Å²) in [5.74, 6) is -0.0789. The van der Waals surface area contributed by atoms with Crippen molar-refractivity contribution in [1.82, 2.24) is 5.32 Å². The van der Waals surface area contributed by atoms with Crippen LogP contribution in [0.5, 0.6) is 0 Å². The van der Waals surface area contributed by atoms with Crippen molar-refractivity contribution in [2.45, 2.75) is 6.92 Å². The third kappa shape index (κ3) is 3.34. The largest absolute Gasteiger partial charge is 0.399 e. The van der Waals surface area contributed by atoms with Crippen LogP contribution in [0.4, 0.5) is 5.69 Å². The molecule has 0 saturated carbocycles. The molecular formula is C9H13ClN2O. The summed E-state index contributed by atoms with van der Waals surface area (Å²) in [7, 11) is 0. The molecule has 4 heteroatoms. The van der Waals surface area contributed by atoms with Crippen LogP contribution in [0.25, 0.3) is 0 Å².